The Hall–Kier alpha value is -6.45. The highest BCUT2D eigenvalue weighted by atomic mass is 16.5. The number of anilines is 2. The van der Waals surface area contributed by atoms with Gasteiger partial charge < -0.3 is 42.0 Å². The molecule has 7 amide bonds. The van der Waals surface area contributed by atoms with Crippen LogP contribution < -0.4 is 27.0 Å². The first-order chi connectivity index (χ1) is 32.4. The maximum Gasteiger partial charge on any atom is 0.408 e. The lowest BCUT2D eigenvalue weighted by Crippen LogP contribution is -2.56. The number of rotatable bonds is 15. The van der Waals surface area contributed by atoms with Crippen molar-refractivity contribution in [2.75, 3.05) is 17.2 Å². The van der Waals surface area contributed by atoms with Gasteiger partial charge in [-0.25, -0.2) is 9.59 Å². The zero-order valence-corrected chi connectivity index (χ0v) is 39.2. The van der Waals surface area contributed by atoms with Crippen LogP contribution in [0.4, 0.5) is 21.0 Å². The molecular formula is C52H64N6O10. The molecule has 0 aromatic heterocycles. The number of fused-ring (bicyclic) bond motifs is 7. The van der Waals surface area contributed by atoms with Crippen LogP contribution in [0.3, 0.4) is 0 Å². The smallest absolute Gasteiger partial charge is 0.408 e. The molecule has 362 valence electrons. The molecule has 0 radical (unpaired) electrons. The normalized spacial score (nSPS) is 27.0. The van der Waals surface area contributed by atoms with Crippen LogP contribution in [0, 0.1) is 17.3 Å². The Labute approximate surface area is 396 Å². The van der Waals surface area contributed by atoms with Crippen LogP contribution in [0.1, 0.15) is 132 Å². The first kappa shape index (κ1) is 48.0. The number of urea groups is 1. The number of amides is 7. The molecule has 0 bridgehead atoms. The number of ether oxygens (including phenoxy) is 1. The molecule has 7 atom stereocenters. The highest BCUT2D eigenvalue weighted by Crippen LogP contribution is 2.65. The molecule has 1 aliphatic heterocycles. The molecule has 4 aliphatic carbocycles. The summed E-state index contributed by atoms with van der Waals surface area (Å²) in [6.07, 6.45) is 7.62. The molecule has 5 aliphatic rings. The second kappa shape index (κ2) is 18.9. The number of aryl methyl sites for hydroxylation is 2. The van der Waals surface area contributed by atoms with Crippen molar-refractivity contribution >= 4 is 53.1 Å². The number of imide groups is 1. The van der Waals surface area contributed by atoms with Crippen molar-refractivity contribution in [3.05, 3.63) is 88.5 Å². The molecule has 3 fully saturated rings. The summed E-state index contributed by atoms with van der Waals surface area (Å²) in [5.41, 5.74) is 8.69. The van der Waals surface area contributed by atoms with E-state index in [0.717, 1.165) is 68.1 Å². The van der Waals surface area contributed by atoms with E-state index in [1.54, 1.807) is 41.3 Å². The van der Waals surface area contributed by atoms with Crippen LogP contribution >= 0.6 is 0 Å². The zero-order chi connectivity index (χ0) is 48.6. The molecular weight excluding hydrogens is 869 g/mol. The summed E-state index contributed by atoms with van der Waals surface area (Å²) in [5, 5.41) is 30.7. The molecule has 8 N–H and O–H groups in total. The van der Waals surface area contributed by atoms with Crippen LogP contribution in [0.15, 0.2) is 60.7 Å². The van der Waals surface area contributed by atoms with Gasteiger partial charge in [0.05, 0.1) is 5.41 Å². The van der Waals surface area contributed by atoms with E-state index >= 15 is 4.79 Å². The SMILES string of the molecule is C[C@]12CCC[C@]3(C(=O)N3C(=O)[C@@]3(C)CCC[C@]4(C)c5cc(NC(=O)[C@H](CCC(=O)O)NC(=O)OCc6ccc(NC(=O)CCCCNC(N)=O)cc6)ccc5CC[C@@H]34)C1CCc1ccc(O)cc12. The Morgan fingerprint density at radius 2 is 1.44 bits per heavy atom. The summed E-state index contributed by atoms with van der Waals surface area (Å²) in [5.74, 6) is -2.00. The average molecular weight is 933 g/mol. The van der Waals surface area contributed by atoms with Crippen molar-refractivity contribution in [3.8, 4) is 5.75 Å². The van der Waals surface area contributed by atoms with Crippen molar-refractivity contribution in [2.45, 2.75) is 146 Å². The summed E-state index contributed by atoms with van der Waals surface area (Å²) >= 11 is 0. The number of unbranched alkanes of at least 4 members (excludes halogenated alkanes) is 1. The highest BCUT2D eigenvalue weighted by molar-refractivity contribution is 6.17. The quantitative estimate of drug-likeness (QED) is 0.0463. The average Bonchev–Trinajstić information content (AvgIpc) is 3.87. The first-order valence-corrected chi connectivity index (χ1v) is 24.1. The number of nitrogens with two attached hydrogens (primary N) is 1. The van der Waals surface area contributed by atoms with Gasteiger partial charge in [0.2, 0.25) is 17.7 Å². The van der Waals surface area contributed by atoms with Crippen molar-refractivity contribution in [3.63, 3.8) is 0 Å². The standard InChI is InChI=1S/C52H64N6O10/c1-49-23-6-25-51(3,45(64)58-46(65)52(58)26-7-24-50(2)38-29-36(59)18-12-33(38)14-21-41(50)52)40(49)20-13-32-11-17-35(28-37(32)49)56-44(63)39(19-22-43(61)62)57-48(67)68-30-31-9-15-34(16-10-31)55-42(60)8-4-5-27-54-47(53)66/h9-12,15-18,28-29,39-41,59H,4-8,13-14,19-27,30H2,1-3H3,(H,55,60)(H,56,63)(H,57,67)(H,61,62)(H3,53,54,66)/t39-,40+,41?,49+,50+,51-,52+,58?/m0/s1. The van der Waals surface area contributed by atoms with Gasteiger partial charge in [0.25, 0.3) is 5.91 Å². The van der Waals surface area contributed by atoms with E-state index in [0.29, 0.717) is 49.2 Å². The number of alkyl carbamates (subject to hydrolysis) is 1. The first-order valence-electron chi connectivity index (χ1n) is 24.1. The zero-order valence-electron chi connectivity index (χ0n) is 39.2. The van der Waals surface area contributed by atoms with Gasteiger partial charge in [-0.3, -0.25) is 28.9 Å². The van der Waals surface area contributed by atoms with E-state index in [9.17, 15) is 39.0 Å². The van der Waals surface area contributed by atoms with Gasteiger partial charge in [-0.15, -0.1) is 0 Å². The van der Waals surface area contributed by atoms with E-state index in [4.69, 9.17) is 10.5 Å². The summed E-state index contributed by atoms with van der Waals surface area (Å²) < 4.78 is 5.41. The van der Waals surface area contributed by atoms with Crippen molar-refractivity contribution in [1.82, 2.24) is 15.5 Å². The van der Waals surface area contributed by atoms with Crippen LogP contribution in [0.2, 0.25) is 0 Å². The maximum absolute atomic E-state index is 15.2. The second-order valence-electron chi connectivity index (χ2n) is 20.4. The van der Waals surface area contributed by atoms with E-state index in [1.165, 1.54) is 5.56 Å². The Balaban J connectivity index is 0.912. The largest absolute Gasteiger partial charge is 0.508 e. The minimum absolute atomic E-state index is 0.0374. The van der Waals surface area contributed by atoms with Crippen LogP contribution in [-0.4, -0.2) is 75.0 Å². The molecule has 1 unspecified atom stereocenters. The minimum Gasteiger partial charge on any atom is -0.508 e. The van der Waals surface area contributed by atoms with Gasteiger partial charge in [0.15, 0.2) is 0 Å². The number of benzene rings is 3. The number of primary amides is 1. The number of carbonyl (C=O) groups is 7. The van der Waals surface area contributed by atoms with Gasteiger partial charge in [0.1, 0.15) is 23.9 Å². The third kappa shape index (κ3) is 9.13. The van der Waals surface area contributed by atoms with Gasteiger partial charge >= 0.3 is 18.1 Å². The fourth-order valence-corrected chi connectivity index (χ4v) is 12.8. The molecule has 1 heterocycles. The lowest BCUT2D eigenvalue weighted by Gasteiger charge is -2.55. The Kier molecular flexibility index (Phi) is 13.4. The van der Waals surface area contributed by atoms with Crippen molar-refractivity contribution in [1.29, 1.82) is 0 Å². The Morgan fingerprint density at radius 3 is 2.15 bits per heavy atom. The minimum atomic E-state index is -1.24. The molecule has 8 rings (SSSR count). The fourth-order valence-electron chi connectivity index (χ4n) is 12.8. The molecule has 16 heteroatoms. The number of phenols is 1. The van der Waals surface area contributed by atoms with E-state index in [-0.39, 0.29) is 66.6 Å². The fraction of sp³-hybridized carbons (Fsp3) is 0.519. The summed E-state index contributed by atoms with van der Waals surface area (Å²) in [6, 6.07) is 16.2. The summed E-state index contributed by atoms with van der Waals surface area (Å²) in [4.78, 5) is 92.7. The molecule has 68 heavy (non-hydrogen) atoms. The van der Waals surface area contributed by atoms with Gasteiger partial charge in [-0.1, -0.05) is 51.5 Å². The number of carboxylic acid groups (broad SMARTS) is 1. The molecule has 16 nitrogen and oxygen atoms in total. The molecule has 2 saturated carbocycles. The van der Waals surface area contributed by atoms with E-state index in [2.05, 4.69) is 42.0 Å². The van der Waals surface area contributed by atoms with Crippen LogP contribution in [0.5, 0.6) is 5.75 Å². The van der Waals surface area contributed by atoms with Gasteiger partial charge in [-0.2, -0.15) is 0 Å². The molecule has 1 spiro atoms. The predicted molar refractivity (Wildman–Crippen MR) is 252 cm³/mol. The molecule has 3 aromatic carbocycles. The number of hydrogen-bond acceptors (Lipinski definition) is 9. The molecule has 3 aromatic rings. The summed E-state index contributed by atoms with van der Waals surface area (Å²) in [6.45, 7) is 6.69. The second-order valence-corrected chi connectivity index (χ2v) is 20.4. The van der Waals surface area contributed by atoms with Gasteiger partial charge in [-0.05, 0) is 158 Å². The molecule has 1 saturated heterocycles. The maximum atomic E-state index is 15.2. The number of nitrogens with zero attached hydrogens (tertiary/aromatic N) is 1. The van der Waals surface area contributed by atoms with Crippen molar-refractivity contribution < 1.29 is 48.5 Å². The monoisotopic (exact) mass is 932 g/mol. The number of aliphatic carboxylic acids is 1. The number of hydrogen-bond donors (Lipinski definition) is 7. The Morgan fingerprint density at radius 1 is 0.794 bits per heavy atom. The van der Waals surface area contributed by atoms with Crippen molar-refractivity contribution in [2.24, 2.45) is 23.0 Å². The van der Waals surface area contributed by atoms with E-state index in [1.807, 2.05) is 24.3 Å². The van der Waals surface area contributed by atoms with Crippen LogP contribution in [0.25, 0.3) is 0 Å². The third-order valence-electron chi connectivity index (χ3n) is 16.2. The lowest BCUT2D eigenvalue weighted by atomic mass is 9.49. The topological polar surface area (TPSA) is 246 Å². The highest BCUT2D eigenvalue weighted by Gasteiger charge is 2.75. The number of phenolic OH excluding ortho intramolecular Hbond substituents is 1. The van der Waals surface area contributed by atoms with E-state index < -0.39 is 46.4 Å². The number of carboxylic acids is 1. The van der Waals surface area contributed by atoms with Gasteiger partial charge in [0, 0.05) is 36.7 Å². The number of nitrogens with one attached hydrogen (secondary N) is 4. The number of aromatic hydroxyl groups is 1. The van der Waals surface area contributed by atoms with Crippen LogP contribution in [-0.2, 0) is 59.0 Å². The third-order valence-corrected chi connectivity index (χ3v) is 16.2. The predicted octanol–water partition coefficient (Wildman–Crippen LogP) is 7.09. The lowest BCUT2D eigenvalue weighted by molar-refractivity contribution is -0.148. The Bertz CT molecular complexity index is 2510. The number of carbonyl (C=O) groups excluding carboxylic acids is 6. The summed E-state index contributed by atoms with van der Waals surface area (Å²) in [7, 11) is 0.